The molecule has 0 aliphatic heterocycles. The van der Waals surface area contributed by atoms with Gasteiger partial charge in [-0.25, -0.2) is 19.9 Å². The zero-order valence-electron chi connectivity index (χ0n) is 9.29. The second-order valence-corrected chi connectivity index (χ2v) is 3.20. The number of methoxy groups -OCH3 is 1. The van der Waals surface area contributed by atoms with Crippen molar-refractivity contribution in [2.75, 3.05) is 18.2 Å². The molecule has 2 rings (SSSR count). The molecule has 0 spiro atoms. The van der Waals surface area contributed by atoms with Crippen molar-refractivity contribution >= 4 is 11.6 Å². The van der Waals surface area contributed by atoms with Crippen LogP contribution in [0.5, 0.6) is 5.75 Å². The summed E-state index contributed by atoms with van der Waals surface area (Å²) < 4.78 is 5.12. The van der Waals surface area contributed by atoms with E-state index in [0.29, 0.717) is 23.9 Å². The number of aromatic nitrogens is 4. The Kier molecular flexibility index (Phi) is 3.29. The van der Waals surface area contributed by atoms with Crippen LogP contribution in [0.1, 0.15) is 5.69 Å². The molecule has 0 saturated heterocycles. The van der Waals surface area contributed by atoms with Crippen molar-refractivity contribution in [1.82, 2.24) is 19.9 Å². The van der Waals surface area contributed by atoms with E-state index in [4.69, 9.17) is 10.5 Å². The Bertz CT molecular complexity index is 489. The summed E-state index contributed by atoms with van der Waals surface area (Å²) in [6.07, 6.45) is 4.54. The molecule has 2 aromatic rings. The number of ether oxygens (including phenoxy) is 1. The third-order valence-corrected chi connectivity index (χ3v) is 2.12. The van der Waals surface area contributed by atoms with Gasteiger partial charge < -0.3 is 15.8 Å². The molecule has 0 aliphatic rings. The van der Waals surface area contributed by atoms with Gasteiger partial charge in [0, 0.05) is 6.20 Å². The van der Waals surface area contributed by atoms with Crippen molar-refractivity contribution in [2.24, 2.45) is 0 Å². The Morgan fingerprint density at radius 1 is 1.29 bits per heavy atom. The highest BCUT2D eigenvalue weighted by atomic mass is 16.5. The quantitative estimate of drug-likeness (QED) is 0.790. The van der Waals surface area contributed by atoms with Gasteiger partial charge in [-0.05, 0) is 6.07 Å². The number of nitrogens with zero attached hydrogens (tertiary/aromatic N) is 4. The number of nitrogens with one attached hydrogen (secondary N) is 1. The molecule has 0 fully saturated rings. The van der Waals surface area contributed by atoms with Crippen LogP contribution < -0.4 is 15.8 Å². The number of nitrogens with two attached hydrogens (primary N) is 1. The summed E-state index contributed by atoms with van der Waals surface area (Å²) in [5, 5.41) is 3.07. The minimum Gasteiger partial charge on any atom is -0.490 e. The smallest absolute Gasteiger partial charge is 0.203 e. The standard InChI is InChI=1S/C10H12N6O/c1-17-8-9(11)15-6-16-10(8)13-4-7-2-3-12-5-14-7/h2-3,5-6H,4H2,1H3,(H3,11,13,15,16). The molecule has 17 heavy (non-hydrogen) atoms. The van der Waals surface area contributed by atoms with Crippen molar-refractivity contribution < 1.29 is 4.74 Å². The molecule has 0 aliphatic carbocycles. The first-order chi connectivity index (χ1) is 8.31. The van der Waals surface area contributed by atoms with Crippen LogP contribution in [0.3, 0.4) is 0 Å². The molecular weight excluding hydrogens is 220 g/mol. The van der Waals surface area contributed by atoms with Crippen LogP contribution in [-0.4, -0.2) is 27.0 Å². The van der Waals surface area contributed by atoms with Crippen LogP contribution in [0, 0.1) is 0 Å². The average molecular weight is 232 g/mol. The normalized spacial score (nSPS) is 9.94. The molecule has 7 nitrogen and oxygen atoms in total. The van der Waals surface area contributed by atoms with E-state index >= 15 is 0 Å². The van der Waals surface area contributed by atoms with Crippen molar-refractivity contribution in [3.63, 3.8) is 0 Å². The second-order valence-electron chi connectivity index (χ2n) is 3.20. The molecule has 0 amide bonds. The number of hydrogen-bond acceptors (Lipinski definition) is 7. The lowest BCUT2D eigenvalue weighted by molar-refractivity contribution is 0.415. The van der Waals surface area contributed by atoms with Gasteiger partial charge in [0.2, 0.25) is 5.75 Å². The summed E-state index contributed by atoms with van der Waals surface area (Å²) in [6.45, 7) is 0.509. The summed E-state index contributed by atoms with van der Waals surface area (Å²) in [5.74, 6) is 1.27. The molecule has 0 radical (unpaired) electrons. The van der Waals surface area contributed by atoms with E-state index in [-0.39, 0.29) is 0 Å². The monoisotopic (exact) mass is 232 g/mol. The van der Waals surface area contributed by atoms with Crippen LogP contribution in [0.25, 0.3) is 0 Å². The Morgan fingerprint density at radius 3 is 2.88 bits per heavy atom. The Hall–Kier alpha value is -2.44. The Labute approximate surface area is 98.1 Å². The number of hydrogen-bond donors (Lipinski definition) is 2. The summed E-state index contributed by atoms with van der Waals surface area (Å²) >= 11 is 0. The molecule has 2 aromatic heterocycles. The first kappa shape index (κ1) is 11.1. The lowest BCUT2D eigenvalue weighted by Gasteiger charge is -2.10. The minimum absolute atomic E-state index is 0.299. The van der Waals surface area contributed by atoms with Gasteiger partial charge in [0.05, 0.1) is 19.3 Å². The summed E-state index contributed by atoms with van der Waals surface area (Å²) in [4.78, 5) is 15.8. The van der Waals surface area contributed by atoms with E-state index in [1.165, 1.54) is 19.8 Å². The van der Waals surface area contributed by atoms with E-state index in [1.807, 2.05) is 6.07 Å². The van der Waals surface area contributed by atoms with E-state index in [9.17, 15) is 0 Å². The van der Waals surface area contributed by atoms with Crippen LogP contribution in [0.4, 0.5) is 11.6 Å². The third kappa shape index (κ3) is 2.57. The topological polar surface area (TPSA) is 98.8 Å². The van der Waals surface area contributed by atoms with Crippen molar-refractivity contribution in [3.8, 4) is 5.75 Å². The molecule has 3 N–H and O–H groups in total. The predicted octanol–water partition coefficient (Wildman–Crippen LogP) is 0.470. The molecule has 0 unspecified atom stereocenters. The fourth-order valence-electron chi connectivity index (χ4n) is 1.31. The zero-order valence-corrected chi connectivity index (χ0v) is 9.29. The molecule has 0 aromatic carbocycles. The van der Waals surface area contributed by atoms with Crippen LogP contribution >= 0.6 is 0 Å². The fourth-order valence-corrected chi connectivity index (χ4v) is 1.31. The van der Waals surface area contributed by atoms with Crippen LogP contribution in [0.2, 0.25) is 0 Å². The van der Waals surface area contributed by atoms with E-state index < -0.39 is 0 Å². The van der Waals surface area contributed by atoms with E-state index in [1.54, 1.807) is 6.20 Å². The fraction of sp³-hybridized carbons (Fsp3) is 0.200. The second kappa shape index (κ2) is 5.06. The molecular formula is C10H12N6O. The van der Waals surface area contributed by atoms with E-state index in [2.05, 4.69) is 25.3 Å². The molecule has 0 atom stereocenters. The highest BCUT2D eigenvalue weighted by Crippen LogP contribution is 2.26. The van der Waals surface area contributed by atoms with Gasteiger partial charge in [-0.1, -0.05) is 0 Å². The maximum atomic E-state index is 5.66. The number of anilines is 2. The summed E-state index contributed by atoms with van der Waals surface area (Å²) in [7, 11) is 1.52. The van der Waals surface area contributed by atoms with Gasteiger partial charge in [0.1, 0.15) is 12.7 Å². The first-order valence-corrected chi connectivity index (χ1v) is 4.94. The van der Waals surface area contributed by atoms with Crippen LogP contribution in [0.15, 0.2) is 24.9 Å². The predicted molar refractivity (Wildman–Crippen MR) is 62.4 cm³/mol. The van der Waals surface area contributed by atoms with Gasteiger partial charge in [0.15, 0.2) is 11.6 Å². The van der Waals surface area contributed by atoms with E-state index in [0.717, 1.165) is 5.69 Å². The molecule has 0 saturated carbocycles. The third-order valence-electron chi connectivity index (χ3n) is 2.12. The largest absolute Gasteiger partial charge is 0.490 e. The summed E-state index contributed by atoms with van der Waals surface area (Å²) in [5.41, 5.74) is 6.51. The first-order valence-electron chi connectivity index (χ1n) is 4.94. The highest BCUT2D eigenvalue weighted by molar-refractivity contribution is 5.61. The lowest BCUT2D eigenvalue weighted by Crippen LogP contribution is -2.07. The molecule has 2 heterocycles. The highest BCUT2D eigenvalue weighted by Gasteiger charge is 2.08. The maximum absolute atomic E-state index is 5.66. The molecule has 88 valence electrons. The average Bonchev–Trinajstić information content (AvgIpc) is 2.37. The van der Waals surface area contributed by atoms with Crippen molar-refractivity contribution in [2.45, 2.75) is 6.54 Å². The van der Waals surface area contributed by atoms with Gasteiger partial charge in [-0.3, -0.25) is 0 Å². The van der Waals surface area contributed by atoms with Crippen LogP contribution in [-0.2, 0) is 6.54 Å². The van der Waals surface area contributed by atoms with Crippen molar-refractivity contribution in [3.05, 3.63) is 30.6 Å². The minimum atomic E-state index is 0.299. The summed E-state index contributed by atoms with van der Waals surface area (Å²) in [6, 6.07) is 1.81. The number of nitrogen functional groups attached to an aromatic ring is 1. The van der Waals surface area contributed by atoms with Gasteiger partial charge >= 0.3 is 0 Å². The molecule has 0 bridgehead atoms. The van der Waals surface area contributed by atoms with Gasteiger partial charge in [-0.15, -0.1) is 0 Å². The Balaban J connectivity index is 2.12. The zero-order chi connectivity index (χ0) is 12.1. The Morgan fingerprint density at radius 2 is 2.18 bits per heavy atom. The molecule has 7 heteroatoms. The van der Waals surface area contributed by atoms with Crippen molar-refractivity contribution in [1.29, 1.82) is 0 Å². The SMILES string of the molecule is COc1c(N)ncnc1NCc1ccncn1. The number of rotatable bonds is 4. The lowest BCUT2D eigenvalue weighted by atomic mass is 10.4. The van der Waals surface area contributed by atoms with Gasteiger partial charge in [0.25, 0.3) is 0 Å². The van der Waals surface area contributed by atoms with Gasteiger partial charge in [-0.2, -0.15) is 0 Å². The maximum Gasteiger partial charge on any atom is 0.203 e.